The summed E-state index contributed by atoms with van der Waals surface area (Å²) < 4.78 is 0. The van der Waals surface area contributed by atoms with Gasteiger partial charge in [-0.15, -0.1) is 0 Å². The fourth-order valence-corrected chi connectivity index (χ4v) is 1.02. The van der Waals surface area contributed by atoms with E-state index in [2.05, 4.69) is 6.58 Å². The predicted octanol–water partition coefficient (Wildman–Crippen LogP) is 0.956. The molecule has 0 aromatic heterocycles. The Labute approximate surface area is 84.4 Å². The lowest BCUT2D eigenvalue weighted by Gasteiger charge is -1.99. The van der Waals surface area contributed by atoms with E-state index in [4.69, 9.17) is 10.0 Å². The maximum atomic E-state index is 8.86. The molecule has 0 fully saturated rings. The second kappa shape index (κ2) is 4.79. The standard InChI is InChI=1S/C11H13BO2/c1-9(2)3-4-10-5-7-11(8-6-10)12(13)14/h3-8,13-14H,1H2,2H3/b4-3+. The summed E-state index contributed by atoms with van der Waals surface area (Å²) in [6.07, 6.45) is 3.83. The Bertz CT molecular complexity index is 339. The van der Waals surface area contributed by atoms with E-state index in [-0.39, 0.29) is 0 Å². The highest BCUT2D eigenvalue weighted by atomic mass is 16.4. The van der Waals surface area contributed by atoms with Crippen molar-refractivity contribution in [2.75, 3.05) is 0 Å². The van der Waals surface area contributed by atoms with Crippen molar-refractivity contribution in [1.82, 2.24) is 0 Å². The Morgan fingerprint density at radius 1 is 1.29 bits per heavy atom. The van der Waals surface area contributed by atoms with Crippen LogP contribution in [0.15, 0.2) is 42.5 Å². The van der Waals surface area contributed by atoms with Gasteiger partial charge in [-0.05, 0) is 17.9 Å². The normalized spacial score (nSPS) is 10.5. The number of hydrogen-bond donors (Lipinski definition) is 2. The van der Waals surface area contributed by atoms with Crippen molar-refractivity contribution in [3.05, 3.63) is 48.1 Å². The van der Waals surface area contributed by atoms with Crippen molar-refractivity contribution in [2.45, 2.75) is 6.92 Å². The summed E-state index contributed by atoms with van der Waals surface area (Å²) in [5.41, 5.74) is 2.49. The molecule has 0 atom stereocenters. The molecule has 0 saturated heterocycles. The summed E-state index contributed by atoms with van der Waals surface area (Å²) in [4.78, 5) is 0. The van der Waals surface area contributed by atoms with Crippen LogP contribution in [0.2, 0.25) is 0 Å². The van der Waals surface area contributed by atoms with Gasteiger partial charge in [0.1, 0.15) is 0 Å². The van der Waals surface area contributed by atoms with Crippen LogP contribution in [0.25, 0.3) is 6.08 Å². The van der Waals surface area contributed by atoms with Crippen LogP contribution in [0, 0.1) is 0 Å². The minimum atomic E-state index is -1.39. The van der Waals surface area contributed by atoms with Gasteiger partial charge in [-0.1, -0.05) is 48.6 Å². The van der Waals surface area contributed by atoms with Crippen LogP contribution in [-0.4, -0.2) is 17.2 Å². The van der Waals surface area contributed by atoms with Gasteiger partial charge in [0, 0.05) is 0 Å². The maximum absolute atomic E-state index is 8.86. The fraction of sp³-hybridized carbons (Fsp3) is 0.0909. The van der Waals surface area contributed by atoms with Gasteiger partial charge in [0.2, 0.25) is 0 Å². The third-order valence-corrected chi connectivity index (χ3v) is 1.79. The third-order valence-electron chi connectivity index (χ3n) is 1.79. The first kappa shape index (κ1) is 10.8. The Morgan fingerprint density at radius 2 is 1.86 bits per heavy atom. The second-order valence-electron chi connectivity index (χ2n) is 3.22. The van der Waals surface area contributed by atoms with Crippen molar-refractivity contribution < 1.29 is 10.0 Å². The van der Waals surface area contributed by atoms with Gasteiger partial charge >= 0.3 is 7.12 Å². The molecule has 1 rings (SSSR count). The molecule has 0 heterocycles. The molecule has 0 aliphatic rings. The smallest absolute Gasteiger partial charge is 0.423 e. The van der Waals surface area contributed by atoms with Crippen LogP contribution in [0.1, 0.15) is 12.5 Å². The number of hydrogen-bond acceptors (Lipinski definition) is 2. The quantitative estimate of drug-likeness (QED) is 0.547. The van der Waals surface area contributed by atoms with Gasteiger partial charge in [0.25, 0.3) is 0 Å². The summed E-state index contributed by atoms with van der Waals surface area (Å²) in [6, 6.07) is 7.02. The molecule has 0 unspecified atom stereocenters. The topological polar surface area (TPSA) is 40.5 Å². The van der Waals surface area contributed by atoms with Gasteiger partial charge in [-0.3, -0.25) is 0 Å². The second-order valence-corrected chi connectivity index (χ2v) is 3.22. The summed E-state index contributed by atoms with van der Waals surface area (Å²) in [5.74, 6) is 0. The fourth-order valence-electron chi connectivity index (χ4n) is 1.02. The van der Waals surface area contributed by atoms with Crippen LogP contribution < -0.4 is 5.46 Å². The highest BCUT2D eigenvalue weighted by Crippen LogP contribution is 2.02. The molecular weight excluding hydrogens is 175 g/mol. The molecule has 72 valence electrons. The Hall–Kier alpha value is -1.32. The first-order valence-corrected chi connectivity index (χ1v) is 4.39. The van der Waals surface area contributed by atoms with Gasteiger partial charge in [-0.2, -0.15) is 0 Å². The Morgan fingerprint density at radius 3 is 2.29 bits per heavy atom. The van der Waals surface area contributed by atoms with Crippen LogP contribution in [0.5, 0.6) is 0 Å². The van der Waals surface area contributed by atoms with Crippen LogP contribution in [0.4, 0.5) is 0 Å². The van der Waals surface area contributed by atoms with Crippen molar-refractivity contribution in [3.8, 4) is 0 Å². The van der Waals surface area contributed by atoms with E-state index in [9.17, 15) is 0 Å². The van der Waals surface area contributed by atoms with E-state index < -0.39 is 7.12 Å². The molecule has 0 amide bonds. The van der Waals surface area contributed by atoms with E-state index in [1.165, 1.54) is 0 Å². The molecule has 0 saturated carbocycles. The summed E-state index contributed by atoms with van der Waals surface area (Å²) in [6.45, 7) is 5.67. The Balaban J connectivity index is 2.78. The number of rotatable bonds is 3. The number of allylic oxidation sites excluding steroid dienone is 2. The van der Waals surface area contributed by atoms with E-state index >= 15 is 0 Å². The maximum Gasteiger partial charge on any atom is 0.488 e. The van der Waals surface area contributed by atoms with Crippen LogP contribution >= 0.6 is 0 Å². The lowest BCUT2D eigenvalue weighted by Crippen LogP contribution is -2.29. The zero-order valence-electron chi connectivity index (χ0n) is 8.14. The molecule has 1 aromatic rings. The van der Waals surface area contributed by atoms with Gasteiger partial charge < -0.3 is 10.0 Å². The van der Waals surface area contributed by atoms with Crippen LogP contribution in [-0.2, 0) is 0 Å². The average Bonchev–Trinajstić information content (AvgIpc) is 2.15. The van der Waals surface area contributed by atoms with E-state index in [1.807, 2.05) is 31.2 Å². The zero-order chi connectivity index (χ0) is 10.6. The molecule has 0 aliphatic heterocycles. The van der Waals surface area contributed by atoms with Crippen molar-refractivity contribution in [1.29, 1.82) is 0 Å². The zero-order valence-corrected chi connectivity index (χ0v) is 8.14. The van der Waals surface area contributed by atoms with E-state index in [0.29, 0.717) is 5.46 Å². The molecule has 2 N–H and O–H groups in total. The lowest BCUT2D eigenvalue weighted by atomic mass is 9.80. The SMILES string of the molecule is C=C(C)/C=C/c1ccc(B(O)O)cc1. The molecule has 0 bridgehead atoms. The largest absolute Gasteiger partial charge is 0.488 e. The monoisotopic (exact) mass is 188 g/mol. The van der Waals surface area contributed by atoms with Gasteiger partial charge in [0.05, 0.1) is 0 Å². The van der Waals surface area contributed by atoms with Crippen molar-refractivity contribution in [2.24, 2.45) is 0 Å². The van der Waals surface area contributed by atoms with Crippen molar-refractivity contribution >= 4 is 18.7 Å². The molecule has 2 nitrogen and oxygen atoms in total. The molecular formula is C11H13BO2. The summed E-state index contributed by atoms with van der Waals surface area (Å²) >= 11 is 0. The van der Waals surface area contributed by atoms with Crippen LogP contribution in [0.3, 0.4) is 0 Å². The first-order chi connectivity index (χ1) is 6.59. The minimum absolute atomic E-state index is 0.498. The minimum Gasteiger partial charge on any atom is -0.423 e. The van der Waals surface area contributed by atoms with E-state index in [1.54, 1.807) is 12.1 Å². The predicted molar refractivity (Wildman–Crippen MR) is 60.1 cm³/mol. The molecule has 0 spiro atoms. The van der Waals surface area contributed by atoms with E-state index in [0.717, 1.165) is 11.1 Å². The molecule has 1 aromatic carbocycles. The molecule has 0 radical (unpaired) electrons. The molecule has 14 heavy (non-hydrogen) atoms. The summed E-state index contributed by atoms with van der Waals surface area (Å²) in [7, 11) is -1.39. The first-order valence-electron chi connectivity index (χ1n) is 4.39. The van der Waals surface area contributed by atoms with Gasteiger partial charge in [0.15, 0.2) is 0 Å². The number of benzene rings is 1. The lowest BCUT2D eigenvalue weighted by molar-refractivity contribution is 0.426. The highest BCUT2D eigenvalue weighted by Gasteiger charge is 2.08. The van der Waals surface area contributed by atoms with Crippen molar-refractivity contribution in [3.63, 3.8) is 0 Å². The third kappa shape index (κ3) is 3.20. The summed E-state index contributed by atoms with van der Waals surface area (Å²) in [5, 5.41) is 17.7. The highest BCUT2D eigenvalue weighted by molar-refractivity contribution is 6.58. The molecule has 0 aliphatic carbocycles. The average molecular weight is 188 g/mol. The van der Waals surface area contributed by atoms with Gasteiger partial charge in [-0.25, -0.2) is 0 Å². The Kier molecular flexibility index (Phi) is 3.68. The molecule has 3 heteroatoms.